The van der Waals surface area contributed by atoms with Gasteiger partial charge in [0.15, 0.2) is 5.03 Å². The Kier molecular flexibility index (Phi) is 4.49. The average molecular weight is 317 g/mol. The third-order valence-electron chi connectivity index (χ3n) is 3.01. The SMILES string of the molecule is CCCc1nc(S(=O)(=O)Cl)cn1Cc1nccn1CC. The maximum atomic E-state index is 11.4. The van der Waals surface area contributed by atoms with Gasteiger partial charge in [-0.2, -0.15) is 0 Å². The summed E-state index contributed by atoms with van der Waals surface area (Å²) >= 11 is 0. The van der Waals surface area contributed by atoms with Gasteiger partial charge in [-0.3, -0.25) is 0 Å². The smallest absolute Gasteiger partial charge is 0.280 e. The zero-order valence-electron chi connectivity index (χ0n) is 11.5. The number of aryl methyl sites for hydroxylation is 2. The zero-order valence-corrected chi connectivity index (χ0v) is 13.0. The zero-order chi connectivity index (χ0) is 14.8. The van der Waals surface area contributed by atoms with Crippen LogP contribution in [-0.2, 0) is 28.6 Å². The Morgan fingerprint density at radius 2 is 2.00 bits per heavy atom. The number of rotatable bonds is 6. The Labute approximate surface area is 122 Å². The minimum Gasteiger partial charge on any atom is -0.334 e. The summed E-state index contributed by atoms with van der Waals surface area (Å²) in [7, 11) is 1.56. The lowest BCUT2D eigenvalue weighted by atomic mass is 10.3. The number of hydrogen-bond acceptors (Lipinski definition) is 4. The van der Waals surface area contributed by atoms with E-state index in [9.17, 15) is 8.42 Å². The predicted molar refractivity (Wildman–Crippen MR) is 76.3 cm³/mol. The molecule has 0 radical (unpaired) electrons. The molecule has 20 heavy (non-hydrogen) atoms. The number of nitrogens with zero attached hydrogens (tertiary/aromatic N) is 4. The molecule has 0 atom stereocenters. The van der Waals surface area contributed by atoms with E-state index in [0.717, 1.165) is 18.8 Å². The van der Waals surface area contributed by atoms with Crippen molar-refractivity contribution in [2.45, 2.75) is 44.8 Å². The minimum atomic E-state index is -3.80. The molecule has 0 fully saturated rings. The average Bonchev–Trinajstić information content (AvgIpc) is 2.97. The van der Waals surface area contributed by atoms with Gasteiger partial charge in [-0.05, 0) is 13.3 Å². The molecule has 0 N–H and O–H groups in total. The van der Waals surface area contributed by atoms with Gasteiger partial charge in [-0.1, -0.05) is 6.92 Å². The van der Waals surface area contributed by atoms with Gasteiger partial charge in [0.1, 0.15) is 11.6 Å². The summed E-state index contributed by atoms with van der Waals surface area (Å²) in [6, 6.07) is 0. The van der Waals surface area contributed by atoms with E-state index >= 15 is 0 Å². The molecule has 0 bridgehead atoms. The fourth-order valence-electron chi connectivity index (χ4n) is 2.04. The van der Waals surface area contributed by atoms with Crippen molar-refractivity contribution in [3.63, 3.8) is 0 Å². The monoisotopic (exact) mass is 316 g/mol. The second-order valence-corrected chi connectivity index (χ2v) is 6.95. The van der Waals surface area contributed by atoms with Gasteiger partial charge in [0.05, 0.1) is 6.54 Å². The maximum absolute atomic E-state index is 11.4. The number of imidazole rings is 2. The first kappa shape index (κ1) is 15.1. The lowest BCUT2D eigenvalue weighted by molar-refractivity contribution is 0.606. The molecule has 0 amide bonds. The van der Waals surface area contributed by atoms with Gasteiger partial charge in [0.25, 0.3) is 9.05 Å². The van der Waals surface area contributed by atoms with Crippen LogP contribution >= 0.6 is 10.7 Å². The van der Waals surface area contributed by atoms with E-state index in [2.05, 4.69) is 9.97 Å². The van der Waals surface area contributed by atoms with Gasteiger partial charge in [-0.15, -0.1) is 0 Å². The second-order valence-electron chi connectivity index (χ2n) is 4.44. The molecule has 0 spiro atoms. The molecular weight excluding hydrogens is 300 g/mol. The van der Waals surface area contributed by atoms with Crippen LogP contribution in [0.2, 0.25) is 0 Å². The van der Waals surface area contributed by atoms with Crippen LogP contribution in [0.1, 0.15) is 31.9 Å². The van der Waals surface area contributed by atoms with Crippen molar-refractivity contribution in [1.82, 2.24) is 19.1 Å². The van der Waals surface area contributed by atoms with E-state index in [4.69, 9.17) is 10.7 Å². The second kappa shape index (κ2) is 5.97. The molecule has 8 heteroatoms. The molecule has 2 heterocycles. The van der Waals surface area contributed by atoms with Crippen LogP contribution in [0.5, 0.6) is 0 Å². The highest BCUT2D eigenvalue weighted by atomic mass is 35.7. The summed E-state index contributed by atoms with van der Waals surface area (Å²) in [6.07, 6.45) is 6.67. The van der Waals surface area contributed by atoms with E-state index in [0.29, 0.717) is 18.8 Å². The predicted octanol–water partition coefficient (Wildman–Crippen LogP) is 2.03. The Balaban J connectivity index is 2.37. The number of aromatic nitrogens is 4. The normalized spacial score (nSPS) is 11.9. The van der Waals surface area contributed by atoms with Crippen molar-refractivity contribution < 1.29 is 8.42 Å². The molecule has 0 aliphatic rings. The van der Waals surface area contributed by atoms with Gasteiger partial charge in [0.2, 0.25) is 0 Å². The highest BCUT2D eigenvalue weighted by Crippen LogP contribution is 2.16. The lowest BCUT2D eigenvalue weighted by Gasteiger charge is -2.08. The van der Waals surface area contributed by atoms with Crippen LogP contribution < -0.4 is 0 Å². The van der Waals surface area contributed by atoms with Crippen molar-refractivity contribution in [2.24, 2.45) is 0 Å². The van der Waals surface area contributed by atoms with E-state index in [1.165, 1.54) is 6.20 Å². The van der Waals surface area contributed by atoms with Crippen molar-refractivity contribution in [1.29, 1.82) is 0 Å². The fourth-order valence-corrected chi connectivity index (χ4v) is 2.73. The van der Waals surface area contributed by atoms with Crippen LogP contribution in [0.25, 0.3) is 0 Å². The molecule has 2 aromatic heterocycles. The Hall–Kier alpha value is -1.34. The highest BCUT2D eigenvalue weighted by molar-refractivity contribution is 8.13. The Bertz CT molecular complexity index is 690. The quantitative estimate of drug-likeness (QED) is 0.765. The van der Waals surface area contributed by atoms with Crippen LogP contribution in [0.15, 0.2) is 23.6 Å². The summed E-state index contributed by atoms with van der Waals surface area (Å²) in [5.74, 6) is 1.57. The molecule has 0 aromatic carbocycles. The molecular formula is C12H17ClN4O2S. The van der Waals surface area contributed by atoms with Crippen LogP contribution in [0, 0.1) is 0 Å². The van der Waals surface area contributed by atoms with Gasteiger partial charge >= 0.3 is 0 Å². The fraction of sp³-hybridized carbons (Fsp3) is 0.500. The van der Waals surface area contributed by atoms with E-state index < -0.39 is 9.05 Å². The first-order valence-corrected chi connectivity index (χ1v) is 8.77. The molecule has 0 saturated heterocycles. The third-order valence-corrected chi connectivity index (χ3v) is 4.19. The van der Waals surface area contributed by atoms with Crippen LogP contribution in [-0.4, -0.2) is 27.5 Å². The third kappa shape index (κ3) is 3.21. The van der Waals surface area contributed by atoms with Crippen LogP contribution in [0.3, 0.4) is 0 Å². The van der Waals surface area contributed by atoms with Crippen LogP contribution in [0.4, 0.5) is 0 Å². The summed E-state index contributed by atoms with van der Waals surface area (Å²) in [6.45, 7) is 5.34. The van der Waals surface area contributed by atoms with E-state index in [1.54, 1.807) is 10.8 Å². The Morgan fingerprint density at radius 3 is 2.60 bits per heavy atom. The van der Waals surface area contributed by atoms with Crippen molar-refractivity contribution >= 4 is 19.7 Å². The number of halogens is 1. The first-order chi connectivity index (χ1) is 9.45. The summed E-state index contributed by atoms with van der Waals surface area (Å²) in [4.78, 5) is 8.40. The van der Waals surface area contributed by atoms with Gasteiger partial charge in [0, 0.05) is 42.2 Å². The topological polar surface area (TPSA) is 69.8 Å². The Morgan fingerprint density at radius 1 is 1.25 bits per heavy atom. The molecule has 110 valence electrons. The van der Waals surface area contributed by atoms with Crippen molar-refractivity contribution in [3.8, 4) is 0 Å². The minimum absolute atomic E-state index is 0.0998. The number of hydrogen-bond donors (Lipinski definition) is 0. The molecule has 0 aliphatic heterocycles. The van der Waals surface area contributed by atoms with Gasteiger partial charge < -0.3 is 9.13 Å². The lowest BCUT2D eigenvalue weighted by Crippen LogP contribution is -2.09. The summed E-state index contributed by atoms with van der Waals surface area (Å²) in [5, 5.41) is -0.0998. The largest absolute Gasteiger partial charge is 0.334 e. The van der Waals surface area contributed by atoms with E-state index in [-0.39, 0.29) is 5.03 Å². The molecule has 2 rings (SSSR count). The molecule has 0 saturated carbocycles. The molecule has 6 nitrogen and oxygen atoms in total. The van der Waals surface area contributed by atoms with Crippen molar-refractivity contribution in [2.75, 3.05) is 0 Å². The highest BCUT2D eigenvalue weighted by Gasteiger charge is 2.18. The molecule has 2 aromatic rings. The standard InChI is InChI=1S/C12H17ClN4O2S/c1-3-5-10-15-12(20(13,18)19)9-17(10)8-11-14-6-7-16(11)4-2/h6-7,9H,3-5,8H2,1-2H3. The van der Waals surface area contributed by atoms with Crippen molar-refractivity contribution in [3.05, 3.63) is 30.2 Å². The first-order valence-electron chi connectivity index (χ1n) is 6.46. The van der Waals surface area contributed by atoms with Gasteiger partial charge in [-0.25, -0.2) is 18.4 Å². The summed E-state index contributed by atoms with van der Waals surface area (Å²) < 4.78 is 26.6. The van der Waals surface area contributed by atoms with E-state index in [1.807, 2.05) is 24.6 Å². The maximum Gasteiger partial charge on any atom is 0.280 e. The molecule has 0 aliphatic carbocycles. The molecule has 0 unspecified atom stereocenters. The summed E-state index contributed by atoms with van der Waals surface area (Å²) in [5.41, 5.74) is 0.